The maximum Gasteiger partial charge on any atom is 0.135 e. The molecule has 104 valence electrons. The van der Waals surface area contributed by atoms with Gasteiger partial charge in [-0.3, -0.25) is 0 Å². The molecule has 1 nitrogen and oxygen atoms in total. The molecule has 0 aliphatic carbocycles. The number of benzene rings is 1. The highest BCUT2D eigenvalue weighted by Crippen LogP contribution is 2.19. The summed E-state index contributed by atoms with van der Waals surface area (Å²) in [5, 5.41) is 0. The van der Waals surface area contributed by atoms with Crippen molar-refractivity contribution in [1.29, 1.82) is 0 Å². The van der Waals surface area contributed by atoms with Crippen LogP contribution in [0.3, 0.4) is 0 Å². The van der Waals surface area contributed by atoms with Crippen molar-refractivity contribution < 1.29 is 9.13 Å². The van der Waals surface area contributed by atoms with Crippen molar-refractivity contribution in [1.82, 2.24) is 0 Å². The Kier molecular flexibility index (Phi) is 8.09. The fourth-order valence-electron chi connectivity index (χ4n) is 1.74. The smallest absolute Gasteiger partial charge is 0.135 e. The molecule has 1 aromatic carbocycles. The predicted molar refractivity (Wildman–Crippen MR) is 78.3 cm³/mol. The molecule has 0 saturated heterocycles. The molecule has 0 fully saturated rings. The number of halogens is 2. The third kappa shape index (κ3) is 6.50. The van der Waals surface area contributed by atoms with E-state index in [4.69, 9.17) is 16.3 Å². The van der Waals surface area contributed by atoms with Gasteiger partial charge in [-0.25, -0.2) is 4.39 Å². The Morgan fingerprint density at radius 3 is 2.74 bits per heavy atom. The molecule has 0 amide bonds. The molecule has 0 unspecified atom stereocenters. The van der Waals surface area contributed by atoms with Gasteiger partial charge in [-0.1, -0.05) is 44.4 Å². The van der Waals surface area contributed by atoms with E-state index in [2.05, 4.69) is 18.8 Å². The zero-order valence-corrected chi connectivity index (χ0v) is 12.1. The van der Waals surface area contributed by atoms with E-state index in [1.165, 1.54) is 31.4 Å². The van der Waals surface area contributed by atoms with Gasteiger partial charge in [-0.2, -0.15) is 0 Å². The number of hydrogen-bond donors (Lipinski definition) is 0. The molecule has 0 heterocycles. The Morgan fingerprint density at radius 1 is 1.21 bits per heavy atom. The van der Waals surface area contributed by atoms with Gasteiger partial charge in [0.25, 0.3) is 0 Å². The van der Waals surface area contributed by atoms with Gasteiger partial charge in [0.05, 0.1) is 18.1 Å². The van der Waals surface area contributed by atoms with E-state index in [-0.39, 0.29) is 11.7 Å². The molecular formula is C16H20ClFO. The minimum atomic E-state index is -0.311. The second-order valence-corrected chi connectivity index (χ2v) is 4.61. The molecule has 0 bridgehead atoms. The van der Waals surface area contributed by atoms with Crippen LogP contribution in [0.25, 0.3) is 0 Å². The van der Waals surface area contributed by atoms with Gasteiger partial charge >= 0.3 is 0 Å². The lowest BCUT2D eigenvalue weighted by Crippen LogP contribution is -1.99. The first-order valence-electron chi connectivity index (χ1n) is 6.75. The van der Waals surface area contributed by atoms with E-state index in [1.54, 1.807) is 6.07 Å². The van der Waals surface area contributed by atoms with Crippen LogP contribution in [0.5, 0.6) is 5.75 Å². The SMILES string of the molecule is CCCCCCCOc1ccc(F)cc1C#CCCl. The largest absolute Gasteiger partial charge is 0.492 e. The molecular weight excluding hydrogens is 263 g/mol. The molecule has 0 aliphatic rings. The van der Waals surface area contributed by atoms with Crippen LogP contribution in [0.2, 0.25) is 0 Å². The van der Waals surface area contributed by atoms with Crippen LogP contribution in [0.1, 0.15) is 44.6 Å². The van der Waals surface area contributed by atoms with Gasteiger partial charge in [-0.15, -0.1) is 11.6 Å². The Balaban J connectivity index is 2.48. The zero-order chi connectivity index (χ0) is 13.9. The molecule has 0 saturated carbocycles. The number of hydrogen-bond acceptors (Lipinski definition) is 1. The van der Waals surface area contributed by atoms with Crippen LogP contribution in [-0.2, 0) is 0 Å². The summed E-state index contributed by atoms with van der Waals surface area (Å²) in [6.45, 7) is 2.84. The van der Waals surface area contributed by atoms with Gasteiger partial charge in [0.2, 0.25) is 0 Å². The van der Waals surface area contributed by atoms with Gasteiger partial charge in [-0.05, 0) is 24.6 Å². The first-order chi connectivity index (χ1) is 9.27. The Hall–Kier alpha value is -1.20. The maximum absolute atomic E-state index is 13.1. The molecule has 1 aromatic rings. The third-order valence-corrected chi connectivity index (χ3v) is 2.87. The highest BCUT2D eigenvalue weighted by atomic mass is 35.5. The first kappa shape index (κ1) is 15.9. The fourth-order valence-corrected chi connectivity index (χ4v) is 1.81. The summed E-state index contributed by atoms with van der Waals surface area (Å²) in [4.78, 5) is 0. The topological polar surface area (TPSA) is 9.23 Å². The molecule has 0 N–H and O–H groups in total. The van der Waals surface area contributed by atoms with Crippen LogP contribution in [0.15, 0.2) is 18.2 Å². The van der Waals surface area contributed by atoms with E-state index in [1.807, 2.05) is 0 Å². The highest BCUT2D eigenvalue weighted by molar-refractivity contribution is 6.19. The highest BCUT2D eigenvalue weighted by Gasteiger charge is 2.03. The van der Waals surface area contributed by atoms with E-state index < -0.39 is 0 Å². The average molecular weight is 283 g/mol. The summed E-state index contributed by atoms with van der Waals surface area (Å²) < 4.78 is 18.8. The molecule has 0 aliphatic heterocycles. The van der Waals surface area contributed by atoms with Gasteiger partial charge in [0, 0.05) is 0 Å². The quantitative estimate of drug-likeness (QED) is 0.398. The summed E-state index contributed by atoms with van der Waals surface area (Å²) in [7, 11) is 0. The number of rotatable bonds is 7. The minimum Gasteiger partial charge on any atom is -0.492 e. The van der Waals surface area contributed by atoms with Crippen LogP contribution < -0.4 is 4.74 Å². The van der Waals surface area contributed by atoms with Crippen LogP contribution in [-0.4, -0.2) is 12.5 Å². The summed E-state index contributed by atoms with van der Waals surface area (Å²) in [5.41, 5.74) is 0.564. The number of unbranched alkanes of at least 4 members (excludes halogenated alkanes) is 4. The summed E-state index contributed by atoms with van der Waals surface area (Å²) in [5.74, 6) is 6.09. The normalized spacial score (nSPS) is 9.84. The van der Waals surface area contributed by atoms with Crippen molar-refractivity contribution in [2.45, 2.75) is 39.0 Å². The Bertz CT molecular complexity index is 434. The number of alkyl halides is 1. The molecule has 0 atom stereocenters. The molecule has 0 aromatic heterocycles. The third-order valence-electron chi connectivity index (χ3n) is 2.74. The van der Waals surface area contributed by atoms with Crippen molar-refractivity contribution in [3.8, 4) is 17.6 Å². The van der Waals surface area contributed by atoms with E-state index in [0.29, 0.717) is 17.9 Å². The second kappa shape index (κ2) is 9.69. The standard InChI is InChI=1S/C16H20ClFO/c1-2-3-4-5-6-12-19-16-10-9-15(18)13-14(16)8-7-11-17/h9-10,13H,2-6,11-12H2,1H3. The predicted octanol–water partition coefficient (Wildman–Crippen LogP) is 4.77. The van der Waals surface area contributed by atoms with Crippen molar-refractivity contribution >= 4 is 11.6 Å². The Labute approximate surface area is 120 Å². The lowest BCUT2D eigenvalue weighted by molar-refractivity contribution is 0.303. The first-order valence-corrected chi connectivity index (χ1v) is 7.28. The molecule has 0 spiro atoms. The van der Waals surface area contributed by atoms with Crippen molar-refractivity contribution in [2.24, 2.45) is 0 Å². The van der Waals surface area contributed by atoms with Gasteiger partial charge < -0.3 is 4.74 Å². The van der Waals surface area contributed by atoms with Crippen LogP contribution in [0.4, 0.5) is 4.39 Å². The van der Waals surface area contributed by atoms with E-state index in [0.717, 1.165) is 12.8 Å². The number of ether oxygens (including phenoxy) is 1. The summed E-state index contributed by atoms with van der Waals surface area (Å²) in [6, 6.07) is 4.39. The van der Waals surface area contributed by atoms with Crippen molar-refractivity contribution in [3.05, 3.63) is 29.6 Å². The molecule has 1 rings (SSSR count). The molecule has 3 heteroatoms. The average Bonchev–Trinajstić information content (AvgIpc) is 2.42. The van der Waals surface area contributed by atoms with E-state index in [9.17, 15) is 4.39 Å². The minimum absolute atomic E-state index is 0.229. The van der Waals surface area contributed by atoms with Crippen LogP contribution >= 0.6 is 11.6 Å². The molecule has 0 radical (unpaired) electrons. The molecule has 19 heavy (non-hydrogen) atoms. The second-order valence-electron chi connectivity index (χ2n) is 4.34. The lowest BCUT2D eigenvalue weighted by Gasteiger charge is -2.08. The van der Waals surface area contributed by atoms with Gasteiger partial charge in [0.1, 0.15) is 11.6 Å². The zero-order valence-electron chi connectivity index (χ0n) is 11.3. The maximum atomic E-state index is 13.1. The monoisotopic (exact) mass is 282 g/mol. The Morgan fingerprint density at radius 2 is 2.00 bits per heavy atom. The lowest BCUT2D eigenvalue weighted by atomic mass is 10.1. The van der Waals surface area contributed by atoms with E-state index >= 15 is 0 Å². The van der Waals surface area contributed by atoms with Gasteiger partial charge in [0.15, 0.2) is 0 Å². The van der Waals surface area contributed by atoms with Crippen molar-refractivity contribution in [3.63, 3.8) is 0 Å². The van der Waals surface area contributed by atoms with Crippen LogP contribution in [0, 0.1) is 17.7 Å². The fraction of sp³-hybridized carbons (Fsp3) is 0.500. The van der Waals surface area contributed by atoms with Crippen molar-refractivity contribution in [2.75, 3.05) is 12.5 Å². The summed E-state index contributed by atoms with van der Waals surface area (Å²) >= 11 is 5.51. The summed E-state index contributed by atoms with van der Waals surface area (Å²) in [6.07, 6.45) is 5.92.